The number of pyridine rings is 1. The van der Waals surface area contributed by atoms with Crippen LogP contribution in [0.2, 0.25) is 0 Å². The number of nitrogens with zero attached hydrogens (tertiary/aromatic N) is 3. The predicted molar refractivity (Wildman–Crippen MR) is 117 cm³/mol. The van der Waals surface area contributed by atoms with Gasteiger partial charge < -0.3 is 14.6 Å². The summed E-state index contributed by atoms with van der Waals surface area (Å²) in [4.78, 5) is 10.6. The maximum Gasteiger partial charge on any atom is 0.256 e. The third-order valence-electron chi connectivity index (χ3n) is 4.11. The third-order valence-corrected chi connectivity index (χ3v) is 5.57. The van der Waals surface area contributed by atoms with E-state index in [9.17, 15) is 0 Å². The van der Waals surface area contributed by atoms with Crippen molar-refractivity contribution in [2.75, 3.05) is 7.05 Å². The molecule has 0 bridgehead atoms. The summed E-state index contributed by atoms with van der Waals surface area (Å²) in [6.07, 6.45) is 1.81. The van der Waals surface area contributed by atoms with Crippen LogP contribution in [0.5, 0.6) is 0 Å². The molecular formula is C21H24N4OS2. The van der Waals surface area contributed by atoms with E-state index in [1.807, 2.05) is 42.6 Å². The summed E-state index contributed by atoms with van der Waals surface area (Å²) in [5.41, 5.74) is 2.03. The molecule has 28 heavy (non-hydrogen) atoms. The molecule has 0 atom stereocenters. The lowest BCUT2D eigenvalue weighted by molar-refractivity contribution is 0.272. The van der Waals surface area contributed by atoms with Crippen molar-refractivity contribution < 1.29 is 4.74 Å². The molecule has 0 aliphatic rings. The second kappa shape index (κ2) is 9.71. The second-order valence-corrected chi connectivity index (χ2v) is 7.95. The zero-order chi connectivity index (χ0) is 19.9. The summed E-state index contributed by atoms with van der Waals surface area (Å²) in [5, 5.41) is 4.31. The molecule has 3 rings (SSSR count). The SMILES string of the molecule is CNC(=S)OCc1nc(C(C)C)c(Sc2ccccc2)n1Cc1ccccn1. The standard InChI is InChI=1S/C21H24N4OS2/c1-15(2)19-20(28-17-10-5-4-6-11-17)25(13-16-9-7-8-12-23-16)18(24-19)14-26-21(27)22-3/h4-12,15H,13-14H2,1-3H3,(H,22,27). The Balaban J connectivity index is 2.02. The molecule has 5 nitrogen and oxygen atoms in total. The number of hydrogen-bond acceptors (Lipinski definition) is 5. The van der Waals surface area contributed by atoms with E-state index in [-0.39, 0.29) is 5.92 Å². The van der Waals surface area contributed by atoms with Crippen LogP contribution in [0.25, 0.3) is 0 Å². The number of imidazole rings is 1. The highest BCUT2D eigenvalue weighted by Gasteiger charge is 2.21. The summed E-state index contributed by atoms with van der Waals surface area (Å²) in [6.45, 7) is 5.25. The van der Waals surface area contributed by atoms with E-state index < -0.39 is 0 Å². The van der Waals surface area contributed by atoms with Crippen molar-refractivity contribution in [1.82, 2.24) is 19.9 Å². The summed E-state index contributed by atoms with van der Waals surface area (Å²) in [6, 6.07) is 16.3. The van der Waals surface area contributed by atoms with Gasteiger partial charge in [0, 0.05) is 18.1 Å². The normalized spacial score (nSPS) is 10.9. The quantitative estimate of drug-likeness (QED) is 0.572. The van der Waals surface area contributed by atoms with Gasteiger partial charge in [0.1, 0.15) is 17.5 Å². The van der Waals surface area contributed by atoms with Gasteiger partial charge in [0.15, 0.2) is 0 Å². The summed E-state index contributed by atoms with van der Waals surface area (Å²) in [5.74, 6) is 1.12. The Labute approximate surface area is 175 Å². The smallest absolute Gasteiger partial charge is 0.256 e. The average Bonchev–Trinajstić information content (AvgIpc) is 3.05. The van der Waals surface area contributed by atoms with E-state index in [1.165, 1.54) is 4.90 Å². The Morgan fingerprint density at radius 3 is 2.57 bits per heavy atom. The minimum Gasteiger partial charge on any atom is -0.463 e. The summed E-state index contributed by atoms with van der Waals surface area (Å²) in [7, 11) is 1.75. The van der Waals surface area contributed by atoms with Gasteiger partial charge in [-0.25, -0.2) is 4.98 Å². The highest BCUT2D eigenvalue weighted by molar-refractivity contribution is 7.99. The Kier molecular flexibility index (Phi) is 7.06. The Hall–Kier alpha value is -2.38. The van der Waals surface area contributed by atoms with Gasteiger partial charge in [-0.1, -0.05) is 49.9 Å². The van der Waals surface area contributed by atoms with Gasteiger partial charge in [-0.15, -0.1) is 0 Å². The van der Waals surface area contributed by atoms with Crippen LogP contribution < -0.4 is 5.32 Å². The van der Waals surface area contributed by atoms with E-state index in [0.29, 0.717) is 18.3 Å². The summed E-state index contributed by atoms with van der Waals surface area (Å²) >= 11 is 6.85. The maximum absolute atomic E-state index is 5.66. The molecule has 0 spiro atoms. The molecule has 0 radical (unpaired) electrons. The van der Waals surface area contributed by atoms with Gasteiger partial charge in [0.05, 0.1) is 17.9 Å². The molecule has 1 aromatic carbocycles. The van der Waals surface area contributed by atoms with Gasteiger partial charge in [-0.2, -0.15) is 0 Å². The van der Waals surface area contributed by atoms with Crippen LogP contribution in [-0.2, 0) is 17.9 Å². The van der Waals surface area contributed by atoms with Crippen LogP contribution in [0.3, 0.4) is 0 Å². The molecule has 2 heterocycles. The molecule has 0 saturated carbocycles. The monoisotopic (exact) mass is 412 g/mol. The number of aromatic nitrogens is 3. The average molecular weight is 413 g/mol. The molecule has 1 N–H and O–H groups in total. The van der Waals surface area contributed by atoms with Crippen LogP contribution in [0.1, 0.15) is 37.0 Å². The Morgan fingerprint density at radius 2 is 1.93 bits per heavy atom. The number of hydrogen-bond donors (Lipinski definition) is 1. The van der Waals surface area contributed by atoms with Crippen LogP contribution >= 0.6 is 24.0 Å². The van der Waals surface area contributed by atoms with Gasteiger partial charge in [-0.3, -0.25) is 4.98 Å². The van der Waals surface area contributed by atoms with Gasteiger partial charge in [0.2, 0.25) is 0 Å². The zero-order valence-electron chi connectivity index (χ0n) is 16.3. The maximum atomic E-state index is 5.66. The van der Waals surface area contributed by atoms with Gasteiger partial charge in [-0.05, 0) is 42.4 Å². The lowest BCUT2D eigenvalue weighted by atomic mass is 10.1. The molecule has 7 heteroatoms. The van der Waals surface area contributed by atoms with Crippen LogP contribution in [0, 0.1) is 0 Å². The van der Waals surface area contributed by atoms with Crippen LogP contribution in [-0.4, -0.2) is 26.8 Å². The first kappa shape index (κ1) is 20.4. The minimum atomic E-state index is 0.284. The number of benzene rings is 1. The van der Waals surface area contributed by atoms with E-state index in [1.54, 1.807) is 18.8 Å². The molecule has 0 unspecified atom stereocenters. The molecule has 0 fully saturated rings. The van der Waals surface area contributed by atoms with E-state index in [0.717, 1.165) is 22.2 Å². The zero-order valence-corrected chi connectivity index (χ0v) is 17.9. The number of nitrogens with one attached hydrogen (secondary N) is 1. The molecular weight excluding hydrogens is 388 g/mol. The predicted octanol–water partition coefficient (Wildman–Crippen LogP) is 4.62. The first-order valence-electron chi connectivity index (χ1n) is 9.15. The largest absolute Gasteiger partial charge is 0.463 e. The lowest BCUT2D eigenvalue weighted by Crippen LogP contribution is -2.20. The van der Waals surface area contributed by atoms with Crippen molar-refractivity contribution in [3.63, 3.8) is 0 Å². The lowest BCUT2D eigenvalue weighted by Gasteiger charge is -2.13. The molecule has 0 aliphatic carbocycles. The Morgan fingerprint density at radius 1 is 1.18 bits per heavy atom. The van der Waals surface area contributed by atoms with Crippen molar-refractivity contribution in [3.05, 3.63) is 71.9 Å². The second-order valence-electron chi connectivity index (χ2n) is 6.52. The number of ether oxygens (including phenoxy) is 1. The first-order chi connectivity index (χ1) is 13.6. The highest BCUT2D eigenvalue weighted by Crippen LogP contribution is 2.35. The Bertz CT molecular complexity index is 911. The molecule has 0 aliphatic heterocycles. The van der Waals surface area contributed by atoms with Crippen molar-refractivity contribution in [1.29, 1.82) is 0 Å². The fourth-order valence-corrected chi connectivity index (χ4v) is 3.96. The van der Waals surface area contributed by atoms with Crippen molar-refractivity contribution >= 4 is 29.2 Å². The molecule has 0 saturated heterocycles. The third kappa shape index (κ3) is 5.11. The number of thiocarbonyl (C=S) groups is 1. The van der Waals surface area contributed by atoms with Crippen LogP contribution in [0.15, 0.2) is 64.6 Å². The number of rotatable bonds is 7. The highest BCUT2D eigenvalue weighted by atomic mass is 32.2. The molecule has 146 valence electrons. The molecule has 3 aromatic rings. The molecule has 2 aromatic heterocycles. The van der Waals surface area contributed by atoms with E-state index in [4.69, 9.17) is 21.9 Å². The van der Waals surface area contributed by atoms with Crippen molar-refractivity contribution in [3.8, 4) is 0 Å². The van der Waals surface area contributed by atoms with Gasteiger partial charge >= 0.3 is 0 Å². The first-order valence-corrected chi connectivity index (χ1v) is 10.4. The topological polar surface area (TPSA) is 52.0 Å². The van der Waals surface area contributed by atoms with E-state index in [2.05, 4.69) is 40.8 Å². The fourth-order valence-electron chi connectivity index (χ4n) is 2.72. The van der Waals surface area contributed by atoms with Gasteiger partial charge in [0.25, 0.3) is 5.17 Å². The van der Waals surface area contributed by atoms with Crippen molar-refractivity contribution in [2.45, 2.75) is 42.8 Å². The van der Waals surface area contributed by atoms with E-state index >= 15 is 0 Å². The fraction of sp³-hybridized carbons (Fsp3) is 0.286. The minimum absolute atomic E-state index is 0.284. The van der Waals surface area contributed by atoms with Crippen molar-refractivity contribution in [2.24, 2.45) is 0 Å². The molecule has 0 amide bonds. The van der Waals surface area contributed by atoms with Crippen LogP contribution in [0.4, 0.5) is 0 Å². The summed E-state index contributed by atoms with van der Waals surface area (Å²) < 4.78 is 7.85.